The Morgan fingerprint density at radius 1 is 1.25 bits per heavy atom. The number of hydrogen-bond acceptors (Lipinski definition) is 2. The summed E-state index contributed by atoms with van der Waals surface area (Å²) >= 11 is 0. The topological polar surface area (TPSA) is 15.3 Å². The first kappa shape index (κ1) is 12.2. The average Bonchev–Trinajstić information content (AvgIpc) is 2.88. The third-order valence-electron chi connectivity index (χ3n) is 3.77. The molecule has 0 spiro atoms. The molecule has 2 aliphatic rings. The van der Waals surface area contributed by atoms with Gasteiger partial charge in [-0.05, 0) is 33.6 Å². The number of piperazine rings is 1. The second kappa shape index (κ2) is 3.35. The molecule has 1 N–H and O–H groups in total. The van der Waals surface area contributed by atoms with Crippen molar-refractivity contribution in [3.05, 3.63) is 0 Å². The smallest absolute Gasteiger partial charge is 0.309 e. The Kier molecular flexibility index (Phi) is 2.55. The molecule has 1 heterocycles. The summed E-state index contributed by atoms with van der Waals surface area (Å²) in [4.78, 5) is 1.66. The number of hydrogen-bond donors (Lipinski definition) is 1. The van der Waals surface area contributed by atoms with Crippen molar-refractivity contribution in [2.24, 2.45) is 0 Å². The van der Waals surface area contributed by atoms with Crippen molar-refractivity contribution in [3.63, 3.8) is 0 Å². The Bertz CT molecular complexity index is 281. The fourth-order valence-electron chi connectivity index (χ4n) is 2.60. The van der Waals surface area contributed by atoms with Crippen LogP contribution in [0.25, 0.3) is 0 Å². The highest BCUT2D eigenvalue weighted by atomic mass is 19.4. The molecule has 0 aromatic rings. The van der Waals surface area contributed by atoms with E-state index >= 15 is 0 Å². The normalized spacial score (nSPS) is 33.8. The van der Waals surface area contributed by atoms with Crippen LogP contribution in [0.5, 0.6) is 0 Å². The van der Waals surface area contributed by atoms with Gasteiger partial charge in [-0.25, -0.2) is 0 Å². The molecule has 1 saturated heterocycles. The third-order valence-corrected chi connectivity index (χ3v) is 3.77. The van der Waals surface area contributed by atoms with Crippen LogP contribution in [-0.4, -0.2) is 41.3 Å². The van der Waals surface area contributed by atoms with Gasteiger partial charge < -0.3 is 5.32 Å². The fraction of sp³-hybridized carbons (Fsp3) is 1.00. The first-order chi connectivity index (χ1) is 7.18. The lowest BCUT2D eigenvalue weighted by molar-refractivity contribution is -0.207. The molecule has 1 aliphatic heterocycles. The first-order valence-corrected chi connectivity index (χ1v) is 5.76. The highest BCUT2D eigenvalue weighted by Crippen LogP contribution is 2.54. The predicted molar refractivity (Wildman–Crippen MR) is 56.3 cm³/mol. The monoisotopic (exact) mass is 236 g/mol. The van der Waals surface area contributed by atoms with E-state index in [9.17, 15) is 13.2 Å². The van der Waals surface area contributed by atoms with Gasteiger partial charge in [0, 0.05) is 24.7 Å². The van der Waals surface area contributed by atoms with E-state index in [1.807, 2.05) is 20.8 Å². The largest absolute Gasteiger partial charge is 0.406 e. The number of alkyl halides is 3. The van der Waals surface area contributed by atoms with Crippen LogP contribution >= 0.6 is 0 Å². The molecular weight excluding hydrogens is 217 g/mol. The molecule has 1 unspecified atom stereocenters. The minimum absolute atomic E-state index is 0.0443. The summed E-state index contributed by atoms with van der Waals surface area (Å²) < 4.78 is 39.1. The van der Waals surface area contributed by atoms with Crippen LogP contribution in [0.2, 0.25) is 0 Å². The molecule has 0 aromatic heterocycles. The first-order valence-electron chi connectivity index (χ1n) is 5.76. The Labute approximate surface area is 94.2 Å². The molecule has 2 nitrogen and oxygen atoms in total. The summed E-state index contributed by atoms with van der Waals surface area (Å²) in [7, 11) is 0. The van der Waals surface area contributed by atoms with E-state index < -0.39 is 11.7 Å². The minimum Gasteiger partial charge on any atom is -0.309 e. The zero-order valence-corrected chi connectivity index (χ0v) is 9.99. The van der Waals surface area contributed by atoms with Gasteiger partial charge in [-0.15, -0.1) is 0 Å². The van der Waals surface area contributed by atoms with Crippen molar-refractivity contribution >= 4 is 0 Å². The molecule has 2 fully saturated rings. The van der Waals surface area contributed by atoms with Crippen molar-refractivity contribution < 1.29 is 13.2 Å². The van der Waals surface area contributed by atoms with Crippen LogP contribution in [0.3, 0.4) is 0 Å². The van der Waals surface area contributed by atoms with Crippen LogP contribution in [0.1, 0.15) is 33.6 Å². The van der Waals surface area contributed by atoms with Crippen molar-refractivity contribution in [3.8, 4) is 0 Å². The number of halogens is 3. The van der Waals surface area contributed by atoms with E-state index in [1.54, 1.807) is 4.90 Å². The van der Waals surface area contributed by atoms with Crippen LogP contribution in [0.4, 0.5) is 13.2 Å². The maximum Gasteiger partial charge on any atom is 0.406 e. The Morgan fingerprint density at radius 3 is 2.25 bits per heavy atom. The van der Waals surface area contributed by atoms with Gasteiger partial charge in [-0.1, -0.05) is 0 Å². The van der Waals surface area contributed by atoms with Gasteiger partial charge in [0.05, 0.1) is 0 Å². The third kappa shape index (κ3) is 1.84. The van der Waals surface area contributed by atoms with Gasteiger partial charge in [-0.3, -0.25) is 4.90 Å². The van der Waals surface area contributed by atoms with E-state index in [2.05, 4.69) is 5.32 Å². The minimum atomic E-state index is -4.09. The zero-order chi connectivity index (χ0) is 12.2. The van der Waals surface area contributed by atoms with Crippen LogP contribution < -0.4 is 5.32 Å². The van der Waals surface area contributed by atoms with Crippen LogP contribution in [0, 0.1) is 0 Å². The molecule has 0 aromatic carbocycles. The molecule has 1 aliphatic carbocycles. The lowest BCUT2D eigenvalue weighted by atomic mass is 9.96. The Hall–Kier alpha value is -0.290. The summed E-state index contributed by atoms with van der Waals surface area (Å²) in [5, 5.41) is 3.28. The van der Waals surface area contributed by atoms with E-state index in [0.717, 1.165) is 0 Å². The number of nitrogens with zero attached hydrogens (tertiary/aromatic N) is 1. The number of rotatable bonds is 1. The lowest BCUT2D eigenvalue weighted by Gasteiger charge is -2.47. The van der Waals surface area contributed by atoms with Gasteiger partial charge in [-0.2, -0.15) is 13.2 Å². The van der Waals surface area contributed by atoms with Crippen molar-refractivity contribution in [2.75, 3.05) is 13.1 Å². The maximum absolute atomic E-state index is 13.0. The van der Waals surface area contributed by atoms with Gasteiger partial charge in [0.1, 0.15) is 5.54 Å². The highest BCUT2D eigenvalue weighted by Gasteiger charge is 2.68. The molecule has 2 rings (SSSR count). The maximum atomic E-state index is 13.0. The molecule has 1 saturated carbocycles. The van der Waals surface area contributed by atoms with Gasteiger partial charge >= 0.3 is 6.18 Å². The van der Waals surface area contributed by atoms with Gasteiger partial charge in [0.15, 0.2) is 0 Å². The van der Waals surface area contributed by atoms with Crippen molar-refractivity contribution in [1.82, 2.24) is 10.2 Å². The van der Waals surface area contributed by atoms with Crippen molar-refractivity contribution in [1.29, 1.82) is 0 Å². The van der Waals surface area contributed by atoms with Crippen LogP contribution in [-0.2, 0) is 0 Å². The number of nitrogens with one attached hydrogen (secondary N) is 1. The van der Waals surface area contributed by atoms with Gasteiger partial charge in [0.25, 0.3) is 0 Å². The average molecular weight is 236 g/mol. The van der Waals surface area contributed by atoms with Crippen LogP contribution in [0.15, 0.2) is 0 Å². The molecule has 1 atom stereocenters. The van der Waals surface area contributed by atoms with E-state index in [1.165, 1.54) is 0 Å². The van der Waals surface area contributed by atoms with E-state index in [0.29, 0.717) is 13.1 Å². The molecule has 0 radical (unpaired) electrons. The molecule has 5 heteroatoms. The van der Waals surface area contributed by atoms with Crippen molar-refractivity contribution in [2.45, 2.75) is 56.9 Å². The second-order valence-electron chi connectivity index (χ2n) is 5.77. The summed E-state index contributed by atoms with van der Waals surface area (Å²) in [5.74, 6) is 0. The second-order valence-corrected chi connectivity index (χ2v) is 5.77. The summed E-state index contributed by atoms with van der Waals surface area (Å²) in [6.45, 7) is 6.88. The van der Waals surface area contributed by atoms with E-state index in [-0.39, 0.29) is 24.4 Å². The van der Waals surface area contributed by atoms with E-state index in [4.69, 9.17) is 0 Å². The summed E-state index contributed by atoms with van der Waals surface area (Å²) in [6.07, 6.45) is -3.57. The zero-order valence-electron chi connectivity index (χ0n) is 9.99. The fourth-order valence-corrected chi connectivity index (χ4v) is 2.60. The molecule has 0 amide bonds. The SMILES string of the molecule is CC1CNC(C)(C)CN1C1(C(F)(F)F)CC1. The highest BCUT2D eigenvalue weighted by molar-refractivity contribution is 5.13. The molecule has 0 bridgehead atoms. The van der Waals surface area contributed by atoms with Gasteiger partial charge in [0.2, 0.25) is 0 Å². The summed E-state index contributed by atoms with van der Waals surface area (Å²) in [5.41, 5.74) is -1.75. The Morgan fingerprint density at radius 2 is 1.81 bits per heavy atom. The predicted octanol–water partition coefficient (Wildman–Crippen LogP) is 2.15. The molecule has 16 heavy (non-hydrogen) atoms. The summed E-state index contributed by atoms with van der Waals surface area (Å²) in [6, 6.07) is -0.0443. The molecular formula is C11H19F3N2. The standard InChI is InChI=1S/C11H19F3N2/c1-8-6-15-9(2,3)7-16(8)10(4-5-10)11(12,13)14/h8,15H,4-7H2,1-3H3. The quantitative estimate of drug-likeness (QED) is 0.750. The lowest BCUT2D eigenvalue weighted by Crippen LogP contribution is -2.66. The molecule has 94 valence electrons. The Balaban J connectivity index is 2.20.